The highest BCUT2D eigenvalue weighted by Crippen LogP contribution is 2.21. The summed E-state index contributed by atoms with van der Waals surface area (Å²) >= 11 is 5.91. The molecule has 0 radical (unpaired) electrons. The average molecular weight is 270 g/mol. The number of nitrogen functional groups attached to an aromatic ring is 1. The highest BCUT2D eigenvalue weighted by Gasteiger charge is 2.19. The van der Waals surface area contributed by atoms with Crippen LogP contribution >= 0.6 is 11.6 Å². The second-order valence-electron chi connectivity index (χ2n) is 3.79. The van der Waals surface area contributed by atoms with Gasteiger partial charge in [-0.25, -0.2) is 0 Å². The number of likely N-dealkylation sites (N-methyl/N-ethyl adjacent to an activating group) is 1. The van der Waals surface area contributed by atoms with Crippen LogP contribution in [0.4, 0.5) is 5.69 Å². The molecule has 0 aliphatic carbocycles. The Morgan fingerprint density at radius 2 is 2.11 bits per heavy atom. The Labute approximate surface area is 111 Å². The quantitative estimate of drug-likeness (QED) is 0.718. The summed E-state index contributed by atoms with van der Waals surface area (Å²) in [5, 5.41) is 5.42. The van der Waals surface area contributed by atoms with Crippen LogP contribution in [0.25, 0.3) is 0 Å². The zero-order valence-electron chi connectivity index (χ0n) is 10.3. The molecule has 0 fully saturated rings. The Kier molecular flexibility index (Phi) is 4.97. The van der Waals surface area contributed by atoms with Gasteiger partial charge in [0.05, 0.1) is 10.6 Å². The van der Waals surface area contributed by atoms with Crippen LogP contribution in [-0.2, 0) is 4.79 Å². The largest absolute Gasteiger partial charge is 0.398 e. The van der Waals surface area contributed by atoms with E-state index in [-0.39, 0.29) is 22.2 Å². The van der Waals surface area contributed by atoms with Crippen LogP contribution in [0.15, 0.2) is 18.2 Å². The van der Waals surface area contributed by atoms with Crippen molar-refractivity contribution >= 4 is 29.1 Å². The van der Waals surface area contributed by atoms with Gasteiger partial charge in [-0.15, -0.1) is 0 Å². The van der Waals surface area contributed by atoms with Crippen molar-refractivity contribution in [3.8, 4) is 0 Å². The molecule has 6 heteroatoms. The summed E-state index contributed by atoms with van der Waals surface area (Å²) in [7, 11) is 0. The highest BCUT2D eigenvalue weighted by atomic mass is 35.5. The predicted molar refractivity (Wildman–Crippen MR) is 71.5 cm³/mol. The molecule has 2 amide bonds. The first kappa shape index (κ1) is 14.3. The van der Waals surface area contributed by atoms with E-state index in [1.165, 1.54) is 0 Å². The fourth-order valence-electron chi connectivity index (χ4n) is 1.44. The van der Waals surface area contributed by atoms with Gasteiger partial charge in [-0.3, -0.25) is 9.59 Å². The number of amides is 2. The minimum atomic E-state index is -0.645. The van der Waals surface area contributed by atoms with E-state index in [2.05, 4.69) is 10.6 Å². The lowest BCUT2D eigenvalue weighted by Gasteiger charge is -2.14. The molecule has 1 unspecified atom stereocenters. The molecule has 0 saturated carbocycles. The number of benzene rings is 1. The number of nitrogens with one attached hydrogen (secondary N) is 2. The van der Waals surface area contributed by atoms with Crippen molar-refractivity contribution in [1.82, 2.24) is 10.6 Å². The third-order valence-electron chi connectivity index (χ3n) is 2.36. The third-order valence-corrected chi connectivity index (χ3v) is 2.68. The smallest absolute Gasteiger partial charge is 0.255 e. The molecule has 18 heavy (non-hydrogen) atoms. The molecule has 0 aliphatic rings. The average Bonchev–Trinajstić information content (AvgIpc) is 2.28. The molecular formula is C12H16ClN3O2. The first-order valence-corrected chi connectivity index (χ1v) is 5.97. The third kappa shape index (κ3) is 3.37. The summed E-state index contributed by atoms with van der Waals surface area (Å²) in [6.45, 7) is 3.90. The molecule has 1 aromatic rings. The van der Waals surface area contributed by atoms with Gasteiger partial charge in [0.25, 0.3) is 5.91 Å². The molecule has 0 heterocycles. The summed E-state index contributed by atoms with van der Waals surface area (Å²) in [6, 6.07) is 4.16. The van der Waals surface area contributed by atoms with E-state index in [0.29, 0.717) is 6.54 Å². The van der Waals surface area contributed by atoms with Crippen molar-refractivity contribution in [1.29, 1.82) is 0 Å². The number of anilines is 1. The van der Waals surface area contributed by atoms with Gasteiger partial charge < -0.3 is 16.4 Å². The van der Waals surface area contributed by atoms with Crippen LogP contribution in [0, 0.1) is 0 Å². The molecule has 0 spiro atoms. The van der Waals surface area contributed by atoms with E-state index in [0.717, 1.165) is 0 Å². The van der Waals surface area contributed by atoms with Crippen LogP contribution < -0.4 is 16.4 Å². The Morgan fingerprint density at radius 3 is 2.67 bits per heavy atom. The maximum absolute atomic E-state index is 11.9. The van der Waals surface area contributed by atoms with Gasteiger partial charge in [0.2, 0.25) is 5.91 Å². The summed E-state index contributed by atoms with van der Waals surface area (Å²) in [5.74, 6) is -0.715. The van der Waals surface area contributed by atoms with Crippen molar-refractivity contribution in [3.05, 3.63) is 28.8 Å². The minimum Gasteiger partial charge on any atom is -0.398 e. The van der Waals surface area contributed by atoms with Gasteiger partial charge in [0.15, 0.2) is 0 Å². The minimum absolute atomic E-state index is 0.190. The first-order chi connectivity index (χ1) is 8.47. The number of rotatable bonds is 4. The SMILES string of the molecule is CCNC(=O)C(C)NC(=O)c1c(N)cccc1Cl. The topological polar surface area (TPSA) is 84.2 Å². The molecule has 1 atom stereocenters. The molecule has 1 aromatic carbocycles. The maximum atomic E-state index is 11.9. The number of hydrogen-bond donors (Lipinski definition) is 3. The van der Waals surface area contributed by atoms with Crippen LogP contribution in [0.5, 0.6) is 0 Å². The molecule has 5 nitrogen and oxygen atoms in total. The van der Waals surface area contributed by atoms with Crippen molar-refractivity contribution in [3.63, 3.8) is 0 Å². The van der Waals surface area contributed by atoms with Gasteiger partial charge in [0.1, 0.15) is 6.04 Å². The van der Waals surface area contributed by atoms with Crippen LogP contribution in [-0.4, -0.2) is 24.4 Å². The normalized spacial score (nSPS) is 11.7. The number of carbonyl (C=O) groups excluding carboxylic acids is 2. The lowest BCUT2D eigenvalue weighted by Crippen LogP contribution is -2.44. The predicted octanol–water partition coefficient (Wildman–Crippen LogP) is 1.18. The van der Waals surface area contributed by atoms with Crippen molar-refractivity contribution < 1.29 is 9.59 Å². The summed E-state index contributed by atoms with van der Waals surface area (Å²) in [4.78, 5) is 23.4. The zero-order valence-corrected chi connectivity index (χ0v) is 11.0. The van der Waals surface area contributed by atoms with Crippen LogP contribution in [0.2, 0.25) is 5.02 Å². The van der Waals surface area contributed by atoms with Crippen LogP contribution in [0.3, 0.4) is 0 Å². The standard InChI is InChI=1S/C12H16ClN3O2/c1-3-15-11(17)7(2)16-12(18)10-8(13)5-4-6-9(10)14/h4-7H,3,14H2,1-2H3,(H,15,17)(H,16,18). The number of halogens is 1. The van der Waals surface area contributed by atoms with E-state index in [4.69, 9.17) is 17.3 Å². The Bertz CT molecular complexity index is 442. The van der Waals surface area contributed by atoms with E-state index in [1.807, 2.05) is 0 Å². The van der Waals surface area contributed by atoms with Gasteiger partial charge in [-0.1, -0.05) is 17.7 Å². The van der Waals surface area contributed by atoms with Crippen molar-refractivity contribution in [2.24, 2.45) is 0 Å². The summed E-state index contributed by atoms with van der Waals surface area (Å²) in [5.41, 5.74) is 6.16. The fraction of sp³-hybridized carbons (Fsp3) is 0.333. The number of hydrogen-bond acceptors (Lipinski definition) is 3. The zero-order chi connectivity index (χ0) is 13.7. The van der Waals surface area contributed by atoms with Gasteiger partial charge >= 0.3 is 0 Å². The Morgan fingerprint density at radius 1 is 1.44 bits per heavy atom. The monoisotopic (exact) mass is 269 g/mol. The van der Waals surface area contributed by atoms with Crippen LogP contribution in [0.1, 0.15) is 24.2 Å². The lowest BCUT2D eigenvalue weighted by atomic mass is 10.1. The summed E-state index contributed by atoms with van der Waals surface area (Å²) < 4.78 is 0. The Hall–Kier alpha value is -1.75. The molecule has 4 N–H and O–H groups in total. The highest BCUT2D eigenvalue weighted by molar-refractivity contribution is 6.34. The summed E-state index contributed by atoms with van der Waals surface area (Å²) in [6.07, 6.45) is 0. The molecule has 98 valence electrons. The second-order valence-corrected chi connectivity index (χ2v) is 4.20. The van der Waals surface area contributed by atoms with Crippen molar-refractivity contribution in [2.45, 2.75) is 19.9 Å². The second kappa shape index (κ2) is 6.26. The Balaban J connectivity index is 2.80. The number of carbonyl (C=O) groups is 2. The van der Waals surface area contributed by atoms with E-state index >= 15 is 0 Å². The molecule has 1 rings (SSSR count). The number of nitrogens with two attached hydrogens (primary N) is 1. The lowest BCUT2D eigenvalue weighted by molar-refractivity contribution is -0.122. The van der Waals surface area contributed by atoms with E-state index in [1.54, 1.807) is 32.0 Å². The maximum Gasteiger partial charge on any atom is 0.255 e. The first-order valence-electron chi connectivity index (χ1n) is 5.60. The van der Waals surface area contributed by atoms with Gasteiger partial charge in [-0.05, 0) is 26.0 Å². The molecule has 0 aromatic heterocycles. The molecule has 0 saturated heterocycles. The van der Waals surface area contributed by atoms with Crippen molar-refractivity contribution in [2.75, 3.05) is 12.3 Å². The van der Waals surface area contributed by atoms with Gasteiger partial charge in [-0.2, -0.15) is 0 Å². The molecule has 0 aliphatic heterocycles. The molecule has 0 bridgehead atoms. The van der Waals surface area contributed by atoms with Gasteiger partial charge in [0, 0.05) is 12.2 Å². The van der Waals surface area contributed by atoms with E-state index < -0.39 is 11.9 Å². The van der Waals surface area contributed by atoms with E-state index in [9.17, 15) is 9.59 Å². The molecular weight excluding hydrogens is 254 g/mol. The fourth-order valence-corrected chi connectivity index (χ4v) is 1.71.